The molecule has 0 aliphatic rings. The molecular weight excluding hydrogens is 360 g/mol. The molecule has 0 bridgehead atoms. The van der Waals surface area contributed by atoms with E-state index < -0.39 is 11.7 Å². The van der Waals surface area contributed by atoms with E-state index in [2.05, 4.69) is 10.6 Å². The Labute approximate surface area is 147 Å². The minimum Gasteiger partial charge on any atom is -0.385 e. The Balaban J connectivity index is 1.80. The number of halogens is 5. The van der Waals surface area contributed by atoms with E-state index in [1.807, 2.05) is 0 Å². The molecule has 0 unspecified atom stereocenters. The van der Waals surface area contributed by atoms with E-state index in [0.29, 0.717) is 0 Å². The summed E-state index contributed by atoms with van der Waals surface area (Å²) in [5, 5.41) is 5.02. The van der Waals surface area contributed by atoms with Crippen LogP contribution in [0.5, 0.6) is 0 Å². The Hall–Kier alpha value is -2.28. The van der Waals surface area contributed by atoms with Crippen LogP contribution < -0.4 is 10.6 Å². The van der Waals surface area contributed by atoms with E-state index in [9.17, 15) is 22.4 Å². The normalized spacial score (nSPS) is 11.2. The van der Waals surface area contributed by atoms with Crippen molar-refractivity contribution in [2.75, 3.05) is 11.9 Å². The van der Waals surface area contributed by atoms with E-state index in [1.54, 1.807) is 12.1 Å². The number of alkyl halides is 3. The van der Waals surface area contributed by atoms with E-state index >= 15 is 0 Å². The van der Waals surface area contributed by atoms with Crippen molar-refractivity contribution in [3.8, 4) is 0 Å². The lowest BCUT2D eigenvalue weighted by atomic mass is 10.2. The summed E-state index contributed by atoms with van der Waals surface area (Å²) in [6.45, 7) is 0.409. The number of anilines is 1. The first-order valence-electron chi connectivity index (χ1n) is 7.37. The highest BCUT2D eigenvalue weighted by Gasteiger charge is 2.33. The van der Waals surface area contributed by atoms with Crippen LogP contribution >= 0.6 is 11.6 Å². The van der Waals surface area contributed by atoms with Gasteiger partial charge in [-0.3, -0.25) is 4.79 Å². The monoisotopic (exact) mass is 374 g/mol. The molecule has 2 rings (SSSR count). The van der Waals surface area contributed by atoms with Crippen molar-refractivity contribution in [2.45, 2.75) is 19.1 Å². The Morgan fingerprint density at radius 3 is 2.40 bits per heavy atom. The predicted octanol–water partition coefficient (Wildman–Crippen LogP) is 4.62. The molecule has 0 aromatic heterocycles. The molecule has 3 nitrogen and oxygen atoms in total. The quantitative estimate of drug-likeness (QED) is 0.725. The van der Waals surface area contributed by atoms with Gasteiger partial charge < -0.3 is 10.6 Å². The fraction of sp³-hybridized carbons (Fsp3) is 0.235. The molecule has 2 aromatic carbocycles. The molecular formula is C17H15ClF4N2O. The molecule has 0 spiro atoms. The van der Waals surface area contributed by atoms with Crippen LogP contribution in [0.25, 0.3) is 0 Å². The van der Waals surface area contributed by atoms with Crippen molar-refractivity contribution in [1.82, 2.24) is 5.32 Å². The number of carbonyl (C=O) groups excluding carboxylic acids is 1. The van der Waals surface area contributed by atoms with Crippen molar-refractivity contribution >= 4 is 23.2 Å². The third-order valence-corrected chi connectivity index (χ3v) is 3.69. The largest absolute Gasteiger partial charge is 0.417 e. The highest BCUT2D eigenvalue weighted by Crippen LogP contribution is 2.36. The van der Waals surface area contributed by atoms with Crippen LogP contribution in [0.15, 0.2) is 42.5 Å². The maximum absolute atomic E-state index is 12.8. The van der Waals surface area contributed by atoms with Gasteiger partial charge in [-0.1, -0.05) is 23.7 Å². The number of rotatable bonds is 6. The average Bonchev–Trinajstić information content (AvgIpc) is 2.55. The zero-order valence-electron chi connectivity index (χ0n) is 13.0. The van der Waals surface area contributed by atoms with Gasteiger partial charge in [0.1, 0.15) is 5.82 Å². The molecule has 8 heteroatoms. The molecule has 0 aliphatic carbocycles. The van der Waals surface area contributed by atoms with Crippen molar-refractivity contribution in [3.05, 3.63) is 64.4 Å². The Morgan fingerprint density at radius 1 is 1.08 bits per heavy atom. The summed E-state index contributed by atoms with van der Waals surface area (Å²) in [6.07, 6.45) is -4.47. The SMILES string of the molecule is O=C(CCNc1ccc(Cl)c(C(F)(F)F)c1)NCc1ccc(F)cc1. The first-order chi connectivity index (χ1) is 11.8. The number of hydrogen-bond acceptors (Lipinski definition) is 2. The van der Waals surface area contributed by atoms with Crippen molar-refractivity contribution < 1.29 is 22.4 Å². The van der Waals surface area contributed by atoms with Crippen molar-refractivity contribution in [1.29, 1.82) is 0 Å². The summed E-state index contributed by atoms with van der Waals surface area (Å²) < 4.78 is 51.1. The van der Waals surface area contributed by atoms with Gasteiger partial charge in [0.05, 0.1) is 10.6 Å². The summed E-state index contributed by atoms with van der Waals surface area (Å²) in [5.41, 5.74) is 0.0400. The molecule has 0 heterocycles. The Morgan fingerprint density at radius 2 is 1.76 bits per heavy atom. The van der Waals surface area contributed by atoms with E-state index in [0.717, 1.165) is 17.7 Å². The first-order valence-corrected chi connectivity index (χ1v) is 7.75. The second-order valence-electron chi connectivity index (χ2n) is 5.27. The molecule has 134 valence electrons. The van der Waals surface area contributed by atoms with Crippen LogP contribution in [0.1, 0.15) is 17.5 Å². The zero-order valence-corrected chi connectivity index (χ0v) is 13.7. The van der Waals surface area contributed by atoms with Gasteiger partial charge in [0.15, 0.2) is 0 Å². The summed E-state index contributed by atoms with van der Waals surface area (Å²) in [5.74, 6) is -0.637. The molecule has 0 atom stereocenters. The fourth-order valence-corrected chi connectivity index (χ4v) is 2.29. The van der Waals surface area contributed by atoms with Gasteiger partial charge in [-0.15, -0.1) is 0 Å². The second-order valence-corrected chi connectivity index (χ2v) is 5.68. The zero-order chi connectivity index (χ0) is 18.4. The van der Waals surface area contributed by atoms with E-state index in [-0.39, 0.29) is 41.9 Å². The van der Waals surface area contributed by atoms with Gasteiger partial charge in [-0.25, -0.2) is 4.39 Å². The van der Waals surface area contributed by atoms with E-state index in [1.165, 1.54) is 18.2 Å². The number of amides is 1. The lowest BCUT2D eigenvalue weighted by Crippen LogP contribution is -2.24. The third kappa shape index (κ3) is 5.94. The van der Waals surface area contributed by atoms with Crippen molar-refractivity contribution in [2.24, 2.45) is 0 Å². The summed E-state index contributed by atoms with van der Waals surface area (Å²) in [4.78, 5) is 11.7. The van der Waals surface area contributed by atoms with Gasteiger partial charge in [0, 0.05) is 25.2 Å². The lowest BCUT2D eigenvalue weighted by molar-refractivity contribution is -0.137. The highest BCUT2D eigenvalue weighted by atomic mass is 35.5. The smallest absolute Gasteiger partial charge is 0.385 e. The topological polar surface area (TPSA) is 41.1 Å². The Bertz CT molecular complexity index is 732. The lowest BCUT2D eigenvalue weighted by Gasteiger charge is -2.12. The fourth-order valence-electron chi connectivity index (χ4n) is 2.06. The number of benzene rings is 2. The first kappa shape index (κ1) is 19.1. The molecule has 0 aliphatic heterocycles. The van der Waals surface area contributed by atoms with Crippen LogP contribution in [0.4, 0.5) is 23.2 Å². The minimum absolute atomic E-state index is 0.0746. The summed E-state index contributed by atoms with van der Waals surface area (Å²) in [6, 6.07) is 9.16. The van der Waals surface area contributed by atoms with Crippen LogP contribution in [0.2, 0.25) is 5.02 Å². The van der Waals surface area contributed by atoms with Gasteiger partial charge in [0.25, 0.3) is 0 Å². The van der Waals surface area contributed by atoms with Crippen LogP contribution in [-0.2, 0) is 17.5 Å². The van der Waals surface area contributed by atoms with Gasteiger partial charge >= 0.3 is 6.18 Å². The molecule has 25 heavy (non-hydrogen) atoms. The molecule has 0 saturated heterocycles. The van der Waals surface area contributed by atoms with Crippen LogP contribution in [0, 0.1) is 5.82 Å². The molecule has 1 amide bonds. The van der Waals surface area contributed by atoms with Crippen LogP contribution in [0.3, 0.4) is 0 Å². The van der Waals surface area contributed by atoms with E-state index in [4.69, 9.17) is 11.6 Å². The number of carbonyl (C=O) groups is 1. The van der Waals surface area contributed by atoms with Gasteiger partial charge in [-0.2, -0.15) is 13.2 Å². The Kier molecular flexibility index (Phi) is 6.25. The second kappa shape index (κ2) is 8.20. The number of hydrogen-bond donors (Lipinski definition) is 2. The highest BCUT2D eigenvalue weighted by molar-refractivity contribution is 6.31. The summed E-state index contributed by atoms with van der Waals surface area (Å²) in [7, 11) is 0. The molecule has 0 radical (unpaired) electrons. The molecule has 2 N–H and O–H groups in total. The average molecular weight is 375 g/mol. The summed E-state index contributed by atoms with van der Waals surface area (Å²) >= 11 is 5.54. The maximum Gasteiger partial charge on any atom is 0.417 e. The van der Waals surface area contributed by atoms with Gasteiger partial charge in [-0.05, 0) is 35.9 Å². The standard InChI is InChI=1S/C17H15ClF4N2O/c18-15-6-5-13(9-14(15)17(20,21)22)23-8-7-16(25)24-10-11-1-3-12(19)4-2-11/h1-6,9,23H,7-8,10H2,(H,24,25). The third-order valence-electron chi connectivity index (χ3n) is 3.36. The van der Waals surface area contributed by atoms with Crippen molar-refractivity contribution in [3.63, 3.8) is 0 Å². The maximum atomic E-state index is 12.8. The molecule has 0 fully saturated rings. The van der Waals surface area contributed by atoms with Crippen LogP contribution in [-0.4, -0.2) is 12.5 Å². The molecule has 0 saturated carbocycles. The molecule has 2 aromatic rings. The minimum atomic E-state index is -4.54. The predicted molar refractivity (Wildman–Crippen MR) is 87.8 cm³/mol. The number of nitrogens with one attached hydrogen (secondary N) is 2. The van der Waals surface area contributed by atoms with Gasteiger partial charge in [0.2, 0.25) is 5.91 Å².